The summed E-state index contributed by atoms with van der Waals surface area (Å²) >= 11 is 0. The van der Waals surface area contributed by atoms with Gasteiger partial charge in [-0.05, 0) is 11.6 Å². The third-order valence-electron chi connectivity index (χ3n) is 2.25. The summed E-state index contributed by atoms with van der Waals surface area (Å²) in [7, 11) is 5.19. The number of ether oxygens (including phenoxy) is 1. The van der Waals surface area contributed by atoms with E-state index in [1.54, 1.807) is 6.20 Å². The van der Waals surface area contributed by atoms with Crippen molar-refractivity contribution in [1.29, 1.82) is 0 Å². The van der Waals surface area contributed by atoms with Gasteiger partial charge in [0.2, 0.25) is 0 Å². The second kappa shape index (κ2) is 5.46. The first-order chi connectivity index (χ1) is 7.54. The molecule has 1 aromatic heterocycles. The van der Waals surface area contributed by atoms with Gasteiger partial charge in [0.15, 0.2) is 6.10 Å². The molecule has 1 heterocycles. The van der Waals surface area contributed by atoms with Crippen molar-refractivity contribution in [2.75, 3.05) is 26.1 Å². The minimum atomic E-state index is -0.959. The maximum absolute atomic E-state index is 10.8. The van der Waals surface area contributed by atoms with Gasteiger partial charge in [0.1, 0.15) is 5.82 Å². The highest BCUT2D eigenvalue weighted by Crippen LogP contribution is 2.10. The number of rotatable bonds is 5. The van der Waals surface area contributed by atoms with E-state index in [1.165, 1.54) is 7.11 Å². The Kier molecular flexibility index (Phi) is 4.25. The number of hydrogen-bond acceptors (Lipinski definition) is 4. The Morgan fingerprint density at radius 1 is 1.56 bits per heavy atom. The topological polar surface area (TPSA) is 62.7 Å². The zero-order chi connectivity index (χ0) is 12.1. The van der Waals surface area contributed by atoms with E-state index in [0.717, 1.165) is 11.4 Å². The molecule has 1 atom stereocenters. The molecule has 1 aromatic rings. The first-order valence-corrected chi connectivity index (χ1v) is 4.92. The van der Waals surface area contributed by atoms with E-state index in [0.29, 0.717) is 6.42 Å². The molecular formula is C11H16N2O3. The lowest BCUT2D eigenvalue weighted by Crippen LogP contribution is -2.24. The molecule has 0 saturated heterocycles. The van der Waals surface area contributed by atoms with Crippen molar-refractivity contribution in [3.05, 3.63) is 23.9 Å². The highest BCUT2D eigenvalue weighted by molar-refractivity contribution is 5.72. The Hall–Kier alpha value is -1.62. The number of aromatic nitrogens is 1. The quantitative estimate of drug-likeness (QED) is 0.801. The number of carboxylic acid groups (broad SMARTS) is 1. The number of pyridine rings is 1. The zero-order valence-electron chi connectivity index (χ0n) is 9.67. The van der Waals surface area contributed by atoms with Crippen molar-refractivity contribution in [3.63, 3.8) is 0 Å². The van der Waals surface area contributed by atoms with Crippen molar-refractivity contribution < 1.29 is 14.6 Å². The van der Waals surface area contributed by atoms with Gasteiger partial charge in [-0.2, -0.15) is 0 Å². The summed E-state index contributed by atoms with van der Waals surface area (Å²) in [5.41, 5.74) is 0.847. The van der Waals surface area contributed by atoms with Gasteiger partial charge in [-0.15, -0.1) is 0 Å². The summed E-state index contributed by atoms with van der Waals surface area (Å²) in [6.45, 7) is 0. The van der Waals surface area contributed by atoms with Crippen molar-refractivity contribution in [2.45, 2.75) is 12.5 Å². The minimum Gasteiger partial charge on any atom is -0.479 e. The molecular weight excluding hydrogens is 208 g/mol. The normalized spacial score (nSPS) is 12.2. The van der Waals surface area contributed by atoms with Crippen LogP contribution in [0, 0.1) is 0 Å². The molecule has 5 nitrogen and oxygen atoms in total. The van der Waals surface area contributed by atoms with Crippen LogP contribution < -0.4 is 4.90 Å². The number of hydrogen-bond donors (Lipinski definition) is 1. The van der Waals surface area contributed by atoms with Gasteiger partial charge in [0, 0.05) is 33.8 Å². The molecule has 0 aromatic carbocycles. The fourth-order valence-corrected chi connectivity index (χ4v) is 1.29. The van der Waals surface area contributed by atoms with Gasteiger partial charge in [-0.3, -0.25) is 0 Å². The number of carbonyl (C=O) groups is 1. The van der Waals surface area contributed by atoms with E-state index >= 15 is 0 Å². The first-order valence-electron chi connectivity index (χ1n) is 4.92. The largest absolute Gasteiger partial charge is 0.479 e. The van der Waals surface area contributed by atoms with Crippen molar-refractivity contribution >= 4 is 11.8 Å². The summed E-state index contributed by atoms with van der Waals surface area (Å²) in [4.78, 5) is 16.8. The summed E-state index contributed by atoms with van der Waals surface area (Å²) < 4.78 is 4.86. The molecule has 0 radical (unpaired) electrons. The monoisotopic (exact) mass is 224 g/mol. The minimum absolute atomic E-state index is 0.326. The van der Waals surface area contributed by atoms with Crippen LogP contribution in [0.4, 0.5) is 5.82 Å². The molecule has 1 rings (SSSR count). The first kappa shape index (κ1) is 12.4. The molecule has 1 unspecified atom stereocenters. The molecule has 1 N–H and O–H groups in total. The van der Waals surface area contributed by atoms with Crippen molar-refractivity contribution in [1.82, 2.24) is 4.98 Å². The third kappa shape index (κ3) is 3.20. The second-order valence-electron chi connectivity index (χ2n) is 3.69. The van der Waals surface area contributed by atoms with Gasteiger partial charge in [-0.1, -0.05) is 6.07 Å². The van der Waals surface area contributed by atoms with E-state index in [2.05, 4.69) is 4.98 Å². The third-order valence-corrected chi connectivity index (χ3v) is 2.25. The van der Waals surface area contributed by atoms with Crippen LogP contribution in [0.2, 0.25) is 0 Å². The standard InChI is InChI=1S/C11H16N2O3/c1-13(2)10-5-4-8(7-12-10)6-9(16-3)11(14)15/h4-5,7,9H,6H2,1-3H3,(H,14,15). The van der Waals surface area contributed by atoms with Gasteiger partial charge in [0.05, 0.1) is 0 Å². The molecule has 0 bridgehead atoms. The Balaban J connectivity index is 2.71. The number of carboxylic acids is 1. The van der Waals surface area contributed by atoms with Crippen LogP contribution in [0.3, 0.4) is 0 Å². The lowest BCUT2D eigenvalue weighted by Gasteiger charge is -2.13. The SMILES string of the molecule is COC(Cc1ccc(N(C)C)nc1)C(=O)O. The van der Waals surface area contributed by atoms with Crippen LogP contribution in [0.1, 0.15) is 5.56 Å². The molecule has 0 amide bonds. The zero-order valence-corrected chi connectivity index (χ0v) is 9.67. The predicted molar refractivity (Wildman–Crippen MR) is 60.7 cm³/mol. The molecule has 16 heavy (non-hydrogen) atoms. The van der Waals surface area contributed by atoms with Gasteiger partial charge in [0.25, 0.3) is 0 Å². The van der Waals surface area contributed by atoms with E-state index in [9.17, 15) is 4.79 Å². The number of aliphatic carboxylic acids is 1. The summed E-state index contributed by atoms with van der Waals surface area (Å²) in [6, 6.07) is 3.71. The molecule has 0 saturated carbocycles. The molecule has 5 heteroatoms. The van der Waals surface area contributed by atoms with Crippen LogP contribution in [-0.2, 0) is 16.0 Å². The second-order valence-corrected chi connectivity index (χ2v) is 3.69. The van der Waals surface area contributed by atoms with Gasteiger partial charge >= 0.3 is 5.97 Å². The Morgan fingerprint density at radius 3 is 2.62 bits per heavy atom. The van der Waals surface area contributed by atoms with E-state index in [4.69, 9.17) is 9.84 Å². The number of anilines is 1. The maximum atomic E-state index is 10.8. The fraction of sp³-hybridized carbons (Fsp3) is 0.455. The molecule has 0 aliphatic carbocycles. The average Bonchev–Trinajstić information content (AvgIpc) is 2.26. The highest BCUT2D eigenvalue weighted by Gasteiger charge is 2.16. The van der Waals surface area contributed by atoms with Crippen LogP contribution in [0.25, 0.3) is 0 Å². The molecule has 0 aliphatic rings. The van der Waals surface area contributed by atoms with E-state index in [1.807, 2.05) is 31.1 Å². The van der Waals surface area contributed by atoms with Crippen molar-refractivity contribution in [3.8, 4) is 0 Å². The van der Waals surface area contributed by atoms with Crippen molar-refractivity contribution in [2.24, 2.45) is 0 Å². The molecule has 0 fully saturated rings. The Morgan fingerprint density at radius 2 is 2.25 bits per heavy atom. The predicted octanol–water partition coefficient (Wildman–Crippen LogP) is 0.790. The Labute approximate surface area is 94.7 Å². The van der Waals surface area contributed by atoms with E-state index < -0.39 is 12.1 Å². The number of methoxy groups -OCH3 is 1. The fourth-order valence-electron chi connectivity index (χ4n) is 1.29. The lowest BCUT2D eigenvalue weighted by molar-refractivity contribution is -0.148. The molecule has 88 valence electrons. The van der Waals surface area contributed by atoms with Crippen LogP contribution in [0.5, 0.6) is 0 Å². The Bertz CT molecular complexity index is 349. The van der Waals surface area contributed by atoms with E-state index in [-0.39, 0.29) is 0 Å². The maximum Gasteiger partial charge on any atom is 0.333 e. The summed E-state index contributed by atoms with van der Waals surface area (Å²) in [5.74, 6) is -0.118. The highest BCUT2D eigenvalue weighted by atomic mass is 16.5. The summed E-state index contributed by atoms with van der Waals surface area (Å²) in [5, 5.41) is 8.82. The van der Waals surface area contributed by atoms with Crippen LogP contribution in [0.15, 0.2) is 18.3 Å². The van der Waals surface area contributed by atoms with Gasteiger partial charge < -0.3 is 14.7 Å². The average molecular weight is 224 g/mol. The van der Waals surface area contributed by atoms with Gasteiger partial charge in [-0.25, -0.2) is 9.78 Å². The smallest absolute Gasteiger partial charge is 0.333 e. The van der Waals surface area contributed by atoms with Crippen LogP contribution >= 0.6 is 0 Å². The number of nitrogens with zero attached hydrogens (tertiary/aromatic N) is 2. The molecule has 0 aliphatic heterocycles. The molecule has 0 spiro atoms. The summed E-state index contributed by atoms with van der Waals surface area (Å²) in [6.07, 6.45) is 1.18. The lowest BCUT2D eigenvalue weighted by atomic mass is 10.1. The van der Waals surface area contributed by atoms with Crippen LogP contribution in [-0.4, -0.2) is 43.4 Å².